The number of nitrogens with zero attached hydrogens (tertiary/aromatic N) is 3. The molecular formula is C7H10BrN3S. The van der Waals surface area contributed by atoms with Crippen LogP contribution in [0.5, 0.6) is 0 Å². The molecule has 0 radical (unpaired) electrons. The summed E-state index contributed by atoms with van der Waals surface area (Å²) in [6.07, 6.45) is 1.21. The Morgan fingerprint density at radius 1 is 1.67 bits per heavy atom. The van der Waals surface area contributed by atoms with Gasteiger partial charge < -0.3 is 4.90 Å². The minimum Gasteiger partial charge on any atom is -0.346 e. The van der Waals surface area contributed by atoms with Crippen molar-refractivity contribution in [2.24, 2.45) is 0 Å². The van der Waals surface area contributed by atoms with Crippen molar-refractivity contribution < 1.29 is 0 Å². The van der Waals surface area contributed by atoms with E-state index >= 15 is 0 Å². The van der Waals surface area contributed by atoms with Gasteiger partial charge in [0.1, 0.15) is 5.82 Å². The standard InChI is InChI=1S/C7H10BrN3S/c1-5-9-7(12-10-5)11-3-2-6(8)4-11/h6H,2-4H2,1H3. The van der Waals surface area contributed by atoms with Crippen LogP contribution in [0.4, 0.5) is 5.13 Å². The van der Waals surface area contributed by atoms with Crippen LogP contribution in [0.3, 0.4) is 0 Å². The molecule has 12 heavy (non-hydrogen) atoms. The van der Waals surface area contributed by atoms with Gasteiger partial charge in [-0.3, -0.25) is 0 Å². The Morgan fingerprint density at radius 3 is 3.00 bits per heavy atom. The van der Waals surface area contributed by atoms with Gasteiger partial charge in [-0.05, 0) is 13.3 Å². The Bertz CT molecular complexity index is 275. The van der Waals surface area contributed by atoms with Crippen LogP contribution < -0.4 is 4.90 Å². The van der Waals surface area contributed by atoms with Crippen LogP contribution in [0.15, 0.2) is 0 Å². The highest BCUT2D eigenvalue weighted by molar-refractivity contribution is 9.09. The van der Waals surface area contributed by atoms with Crippen LogP contribution in [0.2, 0.25) is 0 Å². The Hall–Kier alpha value is -0.160. The van der Waals surface area contributed by atoms with Gasteiger partial charge in [-0.2, -0.15) is 4.37 Å². The van der Waals surface area contributed by atoms with E-state index in [1.165, 1.54) is 18.0 Å². The van der Waals surface area contributed by atoms with Crippen LogP contribution in [-0.2, 0) is 0 Å². The zero-order valence-electron chi connectivity index (χ0n) is 6.83. The maximum absolute atomic E-state index is 4.34. The number of hydrogen-bond acceptors (Lipinski definition) is 4. The molecule has 0 bridgehead atoms. The molecule has 0 amide bonds. The normalized spacial score (nSPS) is 23.5. The van der Waals surface area contributed by atoms with Gasteiger partial charge in [0.15, 0.2) is 0 Å². The van der Waals surface area contributed by atoms with E-state index in [0.29, 0.717) is 4.83 Å². The van der Waals surface area contributed by atoms with Crippen molar-refractivity contribution in [1.82, 2.24) is 9.36 Å². The van der Waals surface area contributed by atoms with Crippen molar-refractivity contribution in [2.75, 3.05) is 18.0 Å². The van der Waals surface area contributed by atoms with E-state index in [0.717, 1.165) is 24.0 Å². The third-order valence-electron chi connectivity index (χ3n) is 1.92. The Labute approximate surface area is 84.1 Å². The topological polar surface area (TPSA) is 29.0 Å². The molecule has 2 heterocycles. The Morgan fingerprint density at radius 2 is 2.50 bits per heavy atom. The Kier molecular flexibility index (Phi) is 2.32. The molecule has 1 unspecified atom stereocenters. The third kappa shape index (κ3) is 1.61. The van der Waals surface area contributed by atoms with E-state index in [1.807, 2.05) is 6.92 Å². The quantitative estimate of drug-likeness (QED) is 0.710. The fraction of sp³-hybridized carbons (Fsp3) is 0.714. The second-order valence-electron chi connectivity index (χ2n) is 2.96. The van der Waals surface area contributed by atoms with E-state index in [-0.39, 0.29) is 0 Å². The molecule has 0 saturated carbocycles. The predicted octanol–water partition coefficient (Wildman–Crippen LogP) is 1.82. The zero-order chi connectivity index (χ0) is 8.55. The van der Waals surface area contributed by atoms with E-state index in [9.17, 15) is 0 Å². The first-order chi connectivity index (χ1) is 5.75. The first-order valence-electron chi connectivity index (χ1n) is 3.95. The van der Waals surface area contributed by atoms with Gasteiger partial charge >= 0.3 is 0 Å². The third-order valence-corrected chi connectivity index (χ3v) is 3.53. The smallest absolute Gasteiger partial charge is 0.205 e. The largest absolute Gasteiger partial charge is 0.346 e. The second-order valence-corrected chi connectivity index (χ2v) is 4.98. The van der Waals surface area contributed by atoms with Crippen LogP contribution in [0.1, 0.15) is 12.2 Å². The summed E-state index contributed by atoms with van der Waals surface area (Å²) in [6, 6.07) is 0. The van der Waals surface area contributed by atoms with Crippen molar-refractivity contribution in [3.63, 3.8) is 0 Å². The monoisotopic (exact) mass is 247 g/mol. The predicted molar refractivity (Wildman–Crippen MR) is 54.2 cm³/mol. The van der Waals surface area contributed by atoms with Crippen LogP contribution in [0.25, 0.3) is 0 Å². The molecule has 1 atom stereocenters. The highest BCUT2D eigenvalue weighted by Crippen LogP contribution is 2.24. The van der Waals surface area contributed by atoms with Gasteiger partial charge in [0.05, 0.1) is 0 Å². The SMILES string of the molecule is Cc1nsc(N2CCC(Br)C2)n1. The number of aryl methyl sites for hydroxylation is 1. The summed E-state index contributed by atoms with van der Waals surface area (Å²) in [4.78, 5) is 7.25. The van der Waals surface area contributed by atoms with Gasteiger partial charge in [-0.25, -0.2) is 4.98 Å². The van der Waals surface area contributed by atoms with Crippen molar-refractivity contribution in [1.29, 1.82) is 0 Å². The summed E-state index contributed by atoms with van der Waals surface area (Å²) in [5.41, 5.74) is 0. The zero-order valence-corrected chi connectivity index (χ0v) is 9.23. The minimum atomic E-state index is 0.627. The molecule has 3 nitrogen and oxygen atoms in total. The highest BCUT2D eigenvalue weighted by atomic mass is 79.9. The van der Waals surface area contributed by atoms with E-state index < -0.39 is 0 Å². The molecule has 66 valence electrons. The molecule has 0 N–H and O–H groups in total. The van der Waals surface area contributed by atoms with Gasteiger partial charge in [-0.15, -0.1) is 0 Å². The molecule has 5 heteroatoms. The first-order valence-corrected chi connectivity index (χ1v) is 5.64. The molecule has 1 aromatic heterocycles. The first kappa shape index (κ1) is 8.44. The Balaban J connectivity index is 2.11. The molecule has 1 aromatic rings. The van der Waals surface area contributed by atoms with Crippen LogP contribution >= 0.6 is 27.5 Å². The minimum absolute atomic E-state index is 0.627. The number of aromatic nitrogens is 2. The van der Waals surface area contributed by atoms with E-state index in [4.69, 9.17) is 0 Å². The maximum Gasteiger partial charge on any atom is 0.205 e. The van der Waals surface area contributed by atoms with Gasteiger partial charge in [-0.1, -0.05) is 15.9 Å². The molecule has 1 fully saturated rings. The molecule has 0 aromatic carbocycles. The summed E-state index contributed by atoms with van der Waals surface area (Å²) in [5.74, 6) is 0.882. The van der Waals surface area contributed by atoms with Crippen LogP contribution in [0, 0.1) is 6.92 Å². The molecule has 2 rings (SSSR count). The molecule has 1 aliphatic rings. The summed E-state index contributed by atoms with van der Waals surface area (Å²) in [7, 11) is 0. The average molecular weight is 248 g/mol. The fourth-order valence-electron chi connectivity index (χ4n) is 1.31. The summed E-state index contributed by atoms with van der Waals surface area (Å²) < 4.78 is 4.16. The van der Waals surface area contributed by atoms with Gasteiger partial charge in [0, 0.05) is 29.4 Å². The maximum atomic E-state index is 4.34. The second kappa shape index (κ2) is 3.30. The van der Waals surface area contributed by atoms with Gasteiger partial charge in [0.25, 0.3) is 0 Å². The molecule has 1 saturated heterocycles. The average Bonchev–Trinajstić information content (AvgIpc) is 2.58. The van der Waals surface area contributed by atoms with Crippen molar-refractivity contribution in [2.45, 2.75) is 18.2 Å². The summed E-state index contributed by atoms with van der Waals surface area (Å²) in [5, 5.41) is 1.06. The highest BCUT2D eigenvalue weighted by Gasteiger charge is 2.22. The lowest BCUT2D eigenvalue weighted by Gasteiger charge is -2.11. The number of hydrogen-bond donors (Lipinski definition) is 0. The number of rotatable bonds is 1. The molecule has 0 spiro atoms. The van der Waals surface area contributed by atoms with Crippen LogP contribution in [-0.4, -0.2) is 27.3 Å². The number of halogens is 1. The summed E-state index contributed by atoms with van der Waals surface area (Å²) in [6.45, 7) is 4.10. The van der Waals surface area contributed by atoms with E-state index in [1.54, 1.807) is 0 Å². The number of anilines is 1. The molecular weight excluding hydrogens is 238 g/mol. The summed E-state index contributed by atoms with van der Waals surface area (Å²) >= 11 is 5.09. The van der Waals surface area contributed by atoms with Crippen molar-refractivity contribution in [3.8, 4) is 0 Å². The van der Waals surface area contributed by atoms with Crippen molar-refractivity contribution >= 4 is 32.6 Å². The fourth-order valence-corrected chi connectivity index (χ4v) is 2.57. The lowest BCUT2D eigenvalue weighted by atomic mass is 10.4. The number of alkyl halides is 1. The van der Waals surface area contributed by atoms with Crippen molar-refractivity contribution in [3.05, 3.63) is 5.82 Å². The molecule has 1 aliphatic heterocycles. The lowest BCUT2D eigenvalue weighted by Crippen LogP contribution is -2.19. The lowest BCUT2D eigenvalue weighted by molar-refractivity contribution is 0.950. The molecule has 0 aliphatic carbocycles. The van der Waals surface area contributed by atoms with E-state index in [2.05, 4.69) is 30.2 Å². The van der Waals surface area contributed by atoms with Gasteiger partial charge in [0.2, 0.25) is 5.13 Å².